The molecule has 4 aliphatic carbocycles. The van der Waals surface area contributed by atoms with Gasteiger partial charge in [-0.2, -0.15) is 0 Å². The van der Waals surface area contributed by atoms with Crippen LogP contribution in [0.2, 0.25) is 0 Å². The Morgan fingerprint density at radius 2 is 1.82 bits per heavy atom. The van der Waals surface area contributed by atoms with Crippen molar-refractivity contribution in [1.82, 2.24) is 0 Å². The van der Waals surface area contributed by atoms with E-state index in [1.54, 1.807) is 0 Å². The van der Waals surface area contributed by atoms with Gasteiger partial charge < -0.3 is 9.47 Å². The third kappa shape index (κ3) is 1.79. The number of carbonyl (C=O) groups excluding carboxylic acids is 1. The summed E-state index contributed by atoms with van der Waals surface area (Å²) in [7, 11) is 3.36. The van der Waals surface area contributed by atoms with Gasteiger partial charge >= 0.3 is 5.97 Å². The number of methoxy groups -OCH3 is 2. The van der Waals surface area contributed by atoms with Crippen LogP contribution >= 0.6 is 0 Å². The fourth-order valence-electron chi connectivity index (χ4n) is 4.91. The second-order valence-corrected chi connectivity index (χ2v) is 6.30. The molecule has 4 saturated carbocycles. The Hall–Kier alpha value is -0.570. The fourth-order valence-corrected chi connectivity index (χ4v) is 4.91. The van der Waals surface area contributed by atoms with E-state index in [0.29, 0.717) is 24.2 Å². The molecule has 96 valence electrons. The first-order valence-electron chi connectivity index (χ1n) is 6.78. The molecule has 0 heterocycles. The van der Waals surface area contributed by atoms with E-state index in [9.17, 15) is 4.79 Å². The summed E-state index contributed by atoms with van der Waals surface area (Å²) in [4.78, 5) is 11.5. The topological polar surface area (TPSA) is 35.5 Å². The summed E-state index contributed by atoms with van der Waals surface area (Å²) in [6, 6.07) is 0. The van der Waals surface area contributed by atoms with E-state index in [1.807, 2.05) is 7.11 Å². The highest BCUT2D eigenvalue weighted by Crippen LogP contribution is 2.60. The Labute approximate surface area is 103 Å². The van der Waals surface area contributed by atoms with Gasteiger partial charge in [0.2, 0.25) is 0 Å². The molecule has 17 heavy (non-hydrogen) atoms. The van der Waals surface area contributed by atoms with Crippen molar-refractivity contribution in [1.29, 1.82) is 0 Å². The Kier molecular flexibility index (Phi) is 2.69. The summed E-state index contributed by atoms with van der Waals surface area (Å²) in [5, 5.41) is 0. The quantitative estimate of drug-likeness (QED) is 0.708. The highest BCUT2D eigenvalue weighted by atomic mass is 16.5. The molecule has 0 N–H and O–H groups in total. The van der Waals surface area contributed by atoms with E-state index in [-0.39, 0.29) is 11.6 Å². The van der Waals surface area contributed by atoms with Gasteiger partial charge in [0.1, 0.15) is 0 Å². The number of rotatable bonds is 3. The fraction of sp³-hybridized carbons (Fsp3) is 0.929. The summed E-state index contributed by atoms with van der Waals surface area (Å²) in [6.45, 7) is 0. The SMILES string of the molecule is COC(=O)CC1C2CC3CC1CC(OC)(C3)C2. The van der Waals surface area contributed by atoms with Crippen molar-refractivity contribution in [2.24, 2.45) is 23.7 Å². The molecule has 3 heteroatoms. The smallest absolute Gasteiger partial charge is 0.305 e. The highest BCUT2D eigenvalue weighted by molar-refractivity contribution is 5.69. The van der Waals surface area contributed by atoms with E-state index in [4.69, 9.17) is 9.47 Å². The minimum Gasteiger partial charge on any atom is -0.469 e. The third-order valence-corrected chi connectivity index (χ3v) is 5.48. The van der Waals surface area contributed by atoms with Crippen molar-refractivity contribution in [3.63, 3.8) is 0 Å². The molecule has 0 aromatic carbocycles. The molecule has 4 rings (SSSR count). The normalized spacial score (nSPS) is 47.2. The molecule has 0 saturated heterocycles. The molecule has 0 radical (unpaired) electrons. The van der Waals surface area contributed by atoms with E-state index >= 15 is 0 Å². The van der Waals surface area contributed by atoms with E-state index in [2.05, 4.69) is 0 Å². The van der Waals surface area contributed by atoms with Crippen LogP contribution in [-0.4, -0.2) is 25.8 Å². The van der Waals surface area contributed by atoms with Crippen molar-refractivity contribution < 1.29 is 14.3 Å². The monoisotopic (exact) mass is 238 g/mol. The van der Waals surface area contributed by atoms with Gasteiger partial charge in [-0.25, -0.2) is 0 Å². The lowest BCUT2D eigenvalue weighted by atomic mass is 9.49. The largest absolute Gasteiger partial charge is 0.469 e. The third-order valence-electron chi connectivity index (χ3n) is 5.48. The van der Waals surface area contributed by atoms with Gasteiger partial charge in [0.25, 0.3) is 0 Å². The minimum absolute atomic E-state index is 0.0334. The van der Waals surface area contributed by atoms with E-state index in [1.165, 1.54) is 26.4 Å². The summed E-state index contributed by atoms with van der Waals surface area (Å²) in [6.07, 6.45) is 6.82. The van der Waals surface area contributed by atoms with Crippen molar-refractivity contribution in [3.05, 3.63) is 0 Å². The van der Waals surface area contributed by atoms with Crippen LogP contribution in [-0.2, 0) is 14.3 Å². The zero-order valence-electron chi connectivity index (χ0n) is 10.8. The Balaban J connectivity index is 1.76. The van der Waals surface area contributed by atoms with Crippen molar-refractivity contribution >= 4 is 5.97 Å². The first-order chi connectivity index (χ1) is 8.15. The van der Waals surface area contributed by atoms with Crippen molar-refractivity contribution in [2.75, 3.05) is 14.2 Å². The lowest BCUT2D eigenvalue weighted by Gasteiger charge is -2.59. The number of esters is 1. The van der Waals surface area contributed by atoms with Gasteiger partial charge in [0, 0.05) is 13.5 Å². The molecule has 4 fully saturated rings. The molecular weight excluding hydrogens is 216 g/mol. The maximum absolute atomic E-state index is 11.5. The number of carbonyl (C=O) groups is 1. The Morgan fingerprint density at radius 1 is 1.18 bits per heavy atom. The van der Waals surface area contributed by atoms with Gasteiger partial charge in [0.05, 0.1) is 12.7 Å². The lowest BCUT2D eigenvalue weighted by molar-refractivity contribution is -0.176. The molecule has 4 aliphatic rings. The Morgan fingerprint density at radius 3 is 2.35 bits per heavy atom. The highest BCUT2D eigenvalue weighted by Gasteiger charge is 2.55. The van der Waals surface area contributed by atoms with Gasteiger partial charge in [-0.3, -0.25) is 4.79 Å². The van der Waals surface area contributed by atoms with Crippen LogP contribution in [0, 0.1) is 23.7 Å². The van der Waals surface area contributed by atoms with Gasteiger partial charge in [-0.15, -0.1) is 0 Å². The van der Waals surface area contributed by atoms with Crippen LogP contribution in [0.1, 0.15) is 38.5 Å². The summed E-state index contributed by atoms with van der Waals surface area (Å²) >= 11 is 0. The standard InChI is InChI=1S/C14H22O3/c1-16-13(15)5-12-10-3-9-4-11(12)8-14(6-9,7-10)17-2/h9-12H,3-8H2,1-2H3. The van der Waals surface area contributed by atoms with E-state index in [0.717, 1.165) is 18.8 Å². The summed E-state index contributed by atoms with van der Waals surface area (Å²) in [5.41, 5.74) is 0.156. The molecule has 0 aliphatic heterocycles. The first-order valence-corrected chi connectivity index (χ1v) is 6.78. The van der Waals surface area contributed by atoms with Gasteiger partial charge in [-0.1, -0.05) is 0 Å². The maximum atomic E-state index is 11.5. The Bertz CT molecular complexity index is 309. The molecule has 4 bridgehead atoms. The molecule has 2 atom stereocenters. The van der Waals surface area contributed by atoms with Gasteiger partial charge in [0.15, 0.2) is 0 Å². The van der Waals surface area contributed by atoms with Crippen LogP contribution in [0.3, 0.4) is 0 Å². The molecule has 0 aromatic rings. The second kappa shape index (κ2) is 3.98. The first kappa shape index (κ1) is 11.5. The average Bonchev–Trinajstić information content (AvgIpc) is 2.32. The minimum atomic E-state index is -0.0334. The predicted octanol–water partition coefficient (Wildman–Crippen LogP) is 2.39. The van der Waals surface area contributed by atoms with Crippen LogP contribution in [0.25, 0.3) is 0 Å². The summed E-state index contributed by atoms with van der Waals surface area (Å²) < 4.78 is 10.7. The van der Waals surface area contributed by atoms with Crippen LogP contribution in [0.4, 0.5) is 0 Å². The van der Waals surface area contributed by atoms with E-state index < -0.39 is 0 Å². The molecule has 0 spiro atoms. The zero-order valence-corrected chi connectivity index (χ0v) is 10.8. The molecule has 0 amide bonds. The van der Waals surface area contributed by atoms with Crippen molar-refractivity contribution in [3.8, 4) is 0 Å². The molecular formula is C14H22O3. The molecule has 2 unspecified atom stereocenters. The predicted molar refractivity (Wildman–Crippen MR) is 63.4 cm³/mol. The second-order valence-electron chi connectivity index (χ2n) is 6.30. The van der Waals surface area contributed by atoms with Crippen LogP contribution in [0.5, 0.6) is 0 Å². The molecule has 0 aromatic heterocycles. The van der Waals surface area contributed by atoms with Crippen LogP contribution < -0.4 is 0 Å². The number of hydrogen-bond acceptors (Lipinski definition) is 3. The summed E-state index contributed by atoms with van der Waals surface area (Å²) in [5.74, 6) is 2.76. The lowest BCUT2D eigenvalue weighted by Crippen LogP contribution is -2.55. The number of hydrogen-bond donors (Lipinski definition) is 0. The molecule has 3 nitrogen and oxygen atoms in total. The number of ether oxygens (including phenoxy) is 2. The average molecular weight is 238 g/mol. The van der Waals surface area contributed by atoms with Crippen molar-refractivity contribution in [2.45, 2.75) is 44.1 Å². The zero-order chi connectivity index (χ0) is 12.0. The maximum Gasteiger partial charge on any atom is 0.305 e. The van der Waals surface area contributed by atoms with Crippen LogP contribution in [0.15, 0.2) is 0 Å². The van der Waals surface area contributed by atoms with Gasteiger partial charge in [-0.05, 0) is 55.8 Å².